The summed E-state index contributed by atoms with van der Waals surface area (Å²) >= 11 is 0. The van der Waals surface area contributed by atoms with Crippen LogP contribution in [0.1, 0.15) is 30.4 Å². The molecule has 2 atom stereocenters. The number of fused-ring (bicyclic) bond motifs is 3. The number of hydrogen-bond acceptors (Lipinski definition) is 4. The van der Waals surface area contributed by atoms with Crippen molar-refractivity contribution in [2.45, 2.75) is 31.4 Å². The number of carboxylic acids is 1. The van der Waals surface area contributed by atoms with E-state index in [4.69, 9.17) is 9.84 Å². The highest BCUT2D eigenvalue weighted by atomic mass is 16.5. The lowest BCUT2D eigenvalue weighted by molar-refractivity contribution is -0.139. The zero-order chi connectivity index (χ0) is 18.7. The lowest BCUT2D eigenvalue weighted by Gasteiger charge is -2.20. The molecular weight excluding hydrogens is 334 g/mol. The molecule has 0 saturated heterocycles. The molecule has 0 bridgehead atoms. The van der Waals surface area contributed by atoms with Crippen molar-refractivity contribution in [3.8, 4) is 11.1 Å². The van der Waals surface area contributed by atoms with Crippen LogP contribution in [-0.2, 0) is 9.53 Å². The number of aliphatic hydroxyl groups excluding tert-OH is 1. The first-order valence-electron chi connectivity index (χ1n) is 8.48. The zero-order valence-corrected chi connectivity index (χ0v) is 14.4. The van der Waals surface area contributed by atoms with E-state index >= 15 is 0 Å². The van der Waals surface area contributed by atoms with E-state index in [0.717, 1.165) is 22.3 Å². The van der Waals surface area contributed by atoms with Crippen LogP contribution in [-0.4, -0.2) is 41.0 Å². The van der Waals surface area contributed by atoms with E-state index in [1.54, 1.807) is 0 Å². The van der Waals surface area contributed by atoms with Crippen LogP contribution in [0.15, 0.2) is 48.5 Å². The Hall–Kier alpha value is -2.86. The molecule has 0 spiro atoms. The molecule has 0 aromatic heterocycles. The fourth-order valence-electron chi connectivity index (χ4n) is 3.28. The second-order valence-corrected chi connectivity index (χ2v) is 6.42. The number of nitrogens with one attached hydrogen (secondary N) is 1. The molecule has 136 valence electrons. The van der Waals surface area contributed by atoms with Gasteiger partial charge in [-0.2, -0.15) is 0 Å². The molecule has 0 aliphatic heterocycles. The molecule has 2 aromatic rings. The maximum atomic E-state index is 12.0. The average Bonchev–Trinajstić information content (AvgIpc) is 2.93. The monoisotopic (exact) mass is 355 g/mol. The number of carbonyl (C=O) groups is 2. The van der Waals surface area contributed by atoms with Gasteiger partial charge < -0.3 is 20.3 Å². The molecule has 6 heteroatoms. The van der Waals surface area contributed by atoms with Gasteiger partial charge in [0.2, 0.25) is 0 Å². The second-order valence-electron chi connectivity index (χ2n) is 6.42. The minimum atomic E-state index is -1.17. The summed E-state index contributed by atoms with van der Waals surface area (Å²) in [5.41, 5.74) is 4.51. The zero-order valence-electron chi connectivity index (χ0n) is 14.4. The van der Waals surface area contributed by atoms with Crippen LogP contribution in [0, 0.1) is 0 Å². The van der Waals surface area contributed by atoms with E-state index < -0.39 is 30.6 Å². The van der Waals surface area contributed by atoms with Gasteiger partial charge >= 0.3 is 12.1 Å². The summed E-state index contributed by atoms with van der Waals surface area (Å²) in [5.74, 6) is -1.17. The number of carbonyl (C=O) groups excluding carboxylic acids is 1. The molecule has 0 heterocycles. The Morgan fingerprint density at radius 3 is 2.15 bits per heavy atom. The SMILES string of the molecule is CC(NC(=O)OCC1c2ccccc2-c2ccccc21)C(O)CC(=O)O. The molecule has 3 N–H and O–H groups in total. The third-order valence-electron chi connectivity index (χ3n) is 4.65. The molecular formula is C20H21NO5. The van der Waals surface area contributed by atoms with Crippen LogP contribution < -0.4 is 5.32 Å². The first-order valence-corrected chi connectivity index (χ1v) is 8.48. The van der Waals surface area contributed by atoms with Gasteiger partial charge in [-0.1, -0.05) is 48.5 Å². The largest absolute Gasteiger partial charge is 0.481 e. The number of benzene rings is 2. The highest BCUT2D eigenvalue weighted by Gasteiger charge is 2.29. The molecule has 2 unspecified atom stereocenters. The molecule has 0 radical (unpaired) electrons. The van der Waals surface area contributed by atoms with Crippen LogP contribution in [0.5, 0.6) is 0 Å². The predicted octanol–water partition coefficient (Wildman–Crippen LogP) is 2.75. The molecule has 3 rings (SSSR count). The highest BCUT2D eigenvalue weighted by molar-refractivity contribution is 5.79. The van der Waals surface area contributed by atoms with E-state index in [2.05, 4.69) is 17.4 Å². The smallest absolute Gasteiger partial charge is 0.407 e. The van der Waals surface area contributed by atoms with E-state index in [-0.39, 0.29) is 12.5 Å². The Kier molecular flexibility index (Phi) is 5.23. The molecule has 1 aliphatic carbocycles. The van der Waals surface area contributed by atoms with Crippen molar-refractivity contribution in [3.05, 3.63) is 59.7 Å². The summed E-state index contributed by atoms with van der Waals surface area (Å²) in [5, 5.41) is 20.9. The standard InChI is InChI=1S/C20H21NO5/c1-12(18(22)10-19(23)24)21-20(25)26-11-17-15-8-4-2-6-13(15)14-7-3-5-9-16(14)17/h2-9,12,17-18,22H,10-11H2,1H3,(H,21,25)(H,23,24). The Morgan fingerprint density at radius 2 is 1.62 bits per heavy atom. The third kappa shape index (κ3) is 3.70. The number of rotatable bonds is 6. The van der Waals surface area contributed by atoms with Crippen LogP contribution >= 0.6 is 0 Å². The topological polar surface area (TPSA) is 95.9 Å². The van der Waals surface area contributed by atoms with Crippen molar-refractivity contribution in [2.24, 2.45) is 0 Å². The summed E-state index contributed by atoms with van der Waals surface area (Å²) < 4.78 is 5.36. The number of hydrogen-bond donors (Lipinski definition) is 3. The van der Waals surface area contributed by atoms with Crippen molar-refractivity contribution < 1.29 is 24.5 Å². The van der Waals surface area contributed by atoms with E-state index in [9.17, 15) is 14.7 Å². The van der Waals surface area contributed by atoms with Crippen LogP contribution in [0.2, 0.25) is 0 Å². The van der Waals surface area contributed by atoms with E-state index in [1.165, 1.54) is 6.92 Å². The third-order valence-corrected chi connectivity index (χ3v) is 4.65. The normalized spacial score (nSPS) is 14.8. The lowest BCUT2D eigenvalue weighted by atomic mass is 9.98. The minimum absolute atomic E-state index is 0.0487. The van der Waals surface area contributed by atoms with Crippen LogP contribution in [0.3, 0.4) is 0 Å². The van der Waals surface area contributed by atoms with Crippen LogP contribution in [0.25, 0.3) is 11.1 Å². The van der Waals surface area contributed by atoms with Crippen molar-refractivity contribution >= 4 is 12.1 Å². The maximum Gasteiger partial charge on any atom is 0.407 e. The van der Waals surface area contributed by atoms with E-state index in [1.807, 2.05) is 36.4 Å². The molecule has 26 heavy (non-hydrogen) atoms. The number of aliphatic hydroxyl groups is 1. The lowest BCUT2D eigenvalue weighted by Crippen LogP contribution is -2.42. The van der Waals surface area contributed by atoms with Gasteiger partial charge in [0, 0.05) is 5.92 Å². The van der Waals surface area contributed by atoms with Gasteiger partial charge in [0.05, 0.1) is 18.6 Å². The molecule has 0 saturated carbocycles. The Morgan fingerprint density at radius 1 is 1.08 bits per heavy atom. The minimum Gasteiger partial charge on any atom is -0.481 e. The molecule has 0 fully saturated rings. The Bertz CT molecular complexity index is 774. The summed E-state index contributed by atoms with van der Waals surface area (Å²) in [6.07, 6.45) is -2.29. The molecule has 2 aromatic carbocycles. The van der Waals surface area contributed by atoms with Gasteiger partial charge in [-0.05, 0) is 29.2 Å². The number of carboxylic acid groups (broad SMARTS) is 1. The molecule has 1 amide bonds. The van der Waals surface area contributed by atoms with Gasteiger partial charge in [-0.25, -0.2) is 4.79 Å². The van der Waals surface area contributed by atoms with Crippen molar-refractivity contribution in [2.75, 3.05) is 6.61 Å². The Labute approximate surface area is 151 Å². The number of aliphatic carboxylic acids is 1. The summed E-state index contributed by atoms with van der Waals surface area (Å²) in [4.78, 5) is 22.7. The summed E-state index contributed by atoms with van der Waals surface area (Å²) in [6, 6.07) is 15.3. The highest BCUT2D eigenvalue weighted by Crippen LogP contribution is 2.44. The van der Waals surface area contributed by atoms with Crippen LogP contribution in [0.4, 0.5) is 4.79 Å². The second kappa shape index (κ2) is 7.58. The molecule has 6 nitrogen and oxygen atoms in total. The quantitative estimate of drug-likeness (QED) is 0.740. The van der Waals surface area contributed by atoms with Crippen molar-refractivity contribution in [3.63, 3.8) is 0 Å². The van der Waals surface area contributed by atoms with Gasteiger partial charge in [0.1, 0.15) is 6.61 Å². The average molecular weight is 355 g/mol. The van der Waals surface area contributed by atoms with E-state index in [0.29, 0.717) is 0 Å². The number of amides is 1. The van der Waals surface area contributed by atoms with Gasteiger partial charge in [0.15, 0.2) is 0 Å². The Balaban J connectivity index is 1.65. The summed E-state index contributed by atoms with van der Waals surface area (Å²) in [6.45, 7) is 1.71. The first kappa shape index (κ1) is 17.9. The maximum absolute atomic E-state index is 12.0. The fourth-order valence-corrected chi connectivity index (χ4v) is 3.28. The van der Waals surface area contributed by atoms with Gasteiger partial charge in [-0.3, -0.25) is 4.79 Å². The summed E-state index contributed by atoms with van der Waals surface area (Å²) in [7, 11) is 0. The van der Waals surface area contributed by atoms with Crippen molar-refractivity contribution in [1.82, 2.24) is 5.32 Å². The first-order chi connectivity index (χ1) is 12.5. The predicted molar refractivity (Wildman–Crippen MR) is 95.9 cm³/mol. The molecule has 1 aliphatic rings. The number of ether oxygens (including phenoxy) is 1. The fraction of sp³-hybridized carbons (Fsp3) is 0.300. The van der Waals surface area contributed by atoms with Gasteiger partial charge in [0.25, 0.3) is 0 Å². The number of alkyl carbamates (subject to hydrolysis) is 1. The van der Waals surface area contributed by atoms with Gasteiger partial charge in [-0.15, -0.1) is 0 Å². The van der Waals surface area contributed by atoms with Crippen molar-refractivity contribution in [1.29, 1.82) is 0 Å².